The van der Waals surface area contributed by atoms with E-state index in [0.717, 1.165) is 42.7 Å². The molecule has 1 aliphatic rings. The predicted octanol–water partition coefficient (Wildman–Crippen LogP) is 3.62. The van der Waals surface area contributed by atoms with Crippen molar-refractivity contribution in [2.24, 2.45) is 7.05 Å². The lowest BCUT2D eigenvalue weighted by Gasteiger charge is -2.21. The van der Waals surface area contributed by atoms with Crippen LogP contribution in [0.3, 0.4) is 0 Å². The van der Waals surface area contributed by atoms with Crippen LogP contribution >= 0.6 is 0 Å². The number of hydrogen-bond donors (Lipinski definition) is 0. The number of aromatic nitrogens is 2. The Kier molecular flexibility index (Phi) is 4.51. The summed E-state index contributed by atoms with van der Waals surface area (Å²) in [7, 11) is 1.89. The van der Waals surface area contributed by atoms with Gasteiger partial charge in [-0.25, -0.2) is 8.78 Å². The van der Waals surface area contributed by atoms with Gasteiger partial charge in [0.15, 0.2) is 0 Å². The molecule has 0 fully saturated rings. The Hall–Kier alpha value is -2.96. The van der Waals surface area contributed by atoms with E-state index in [-0.39, 0.29) is 18.7 Å². The maximum atomic E-state index is 14.2. The molecular formula is C20H19F2N3O2. The second-order valence-corrected chi connectivity index (χ2v) is 6.71. The van der Waals surface area contributed by atoms with Crippen LogP contribution < -0.4 is 0 Å². The highest BCUT2D eigenvalue weighted by Crippen LogP contribution is 2.26. The van der Waals surface area contributed by atoms with Crippen molar-refractivity contribution in [2.45, 2.75) is 32.4 Å². The zero-order chi connectivity index (χ0) is 19.0. The zero-order valence-electron chi connectivity index (χ0n) is 14.9. The van der Waals surface area contributed by atoms with Gasteiger partial charge in [0.05, 0.1) is 30.6 Å². The minimum Gasteiger partial charge on any atom is -0.467 e. The minimum atomic E-state index is -0.879. The molecule has 5 nitrogen and oxygen atoms in total. The van der Waals surface area contributed by atoms with Crippen LogP contribution in [0.1, 0.15) is 39.5 Å². The molecule has 2 aromatic heterocycles. The van der Waals surface area contributed by atoms with Gasteiger partial charge >= 0.3 is 0 Å². The molecule has 3 aromatic rings. The Morgan fingerprint density at radius 3 is 2.85 bits per heavy atom. The molecule has 0 atom stereocenters. The number of benzene rings is 1. The van der Waals surface area contributed by atoms with Crippen molar-refractivity contribution < 1.29 is 18.0 Å². The molecule has 0 saturated carbocycles. The summed E-state index contributed by atoms with van der Waals surface area (Å²) in [5.41, 5.74) is 2.99. The molecule has 7 heteroatoms. The Morgan fingerprint density at radius 2 is 2.11 bits per heavy atom. The van der Waals surface area contributed by atoms with Crippen LogP contribution in [0.15, 0.2) is 41.0 Å². The van der Waals surface area contributed by atoms with Gasteiger partial charge < -0.3 is 9.32 Å². The Balaban J connectivity index is 1.67. The van der Waals surface area contributed by atoms with Crippen LogP contribution in [0.4, 0.5) is 8.78 Å². The summed E-state index contributed by atoms with van der Waals surface area (Å²) >= 11 is 0. The Bertz CT molecular complexity index is 980. The van der Waals surface area contributed by atoms with Crippen LogP contribution in [-0.4, -0.2) is 20.6 Å². The average molecular weight is 371 g/mol. The number of halogens is 2. The van der Waals surface area contributed by atoms with Crippen molar-refractivity contribution in [3.63, 3.8) is 0 Å². The van der Waals surface area contributed by atoms with Gasteiger partial charge in [-0.1, -0.05) is 0 Å². The van der Waals surface area contributed by atoms with Gasteiger partial charge in [0.25, 0.3) is 5.91 Å². The Morgan fingerprint density at radius 1 is 1.26 bits per heavy atom. The van der Waals surface area contributed by atoms with E-state index in [1.54, 1.807) is 12.1 Å². The molecule has 27 heavy (non-hydrogen) atoms. The van der Waals surface area contributed by atoms with Gasteiger partial charge in [0.2, 0.25) is 0 Å². The molecule has 0 spiro atoms. The van der Waals surface area contributed by atoms with E-state index in [0.29, 0.717) is 5.76 Å². The highest BCUT2D eigenvalue weighted by molar-refractivity contribution is 5.94. The molecule has 4 rings (SSSR count). The summed E-state index contributed by atoms with van der Waals surface area (Å²) in [5, 5.41) is 4.55. The van der Waals surface area contributed by atoms with Crippen molar-refractivity contribution in [1.82, 2.24) is 14.7 Å². The molecule has 140 valence electrons. The van der Waals surface area contributed by atoms with Gasteiger partial charge in [-0.15, -0.1) is 0 Å². The number of carbonyl (C=O) groups is 1. The van der Waals surface area contributed by atoms with Gasteiger partial charge in [0.1, 0.15) is 17.4 Å². The molecule has 0 unspecified atom stereocenters. The lowest BCUT2D eigenvalue weighted by molar-refractivity contribution is 0.0710. The normalized spacial score (nSPS) is 13.0. The third kappa shape index (κ3) is 3.37. The molecule has 0 N–H and O–H groups in total. The third-order valence-corrected chi connectivity index (χ3v) is 4.91. The van der Waals surface area contributed by atoms with E-state index in [9.17, 15) is 13.6 Å². The second-order valence-electron chi connectivity index (χ2n) is 6.71. The van der Waals surface area contributed by atoms with Gasteiger partial charge in [-0.3, -0.25) is 9.48 Å². The lowest BCUT2D eigenvalue weighted by atomic mass is 10.1. The van der Waals surface area contributed by atoms with Crippen molar-refractivity contribution in [1.29, 1.82) is 0 Å². The molecule has 0 aliphatic heterocycles. The van der Waals surface area contributed by atoms with Crippen LogP contribution in [0, 0.1) is 11.6 Å². The first-order valence-corrected chi connectivity index (χ1v) is 8.83. The minimum absolute atomic E-state index is 0.171. The molecule has 1 aliphatic carbocycles. The average Bonchev–Trinajstić information content (AvgIpc) is 3.35. The number of rotatable bonds is 5. The first kappa shape index (κ1) is 17.5. The van der Waals surface area contributed by atoms with Crippen LogP contribution in [-0.2, 0) is 33.0 Å². The fraction of sp³-hybridized carbons (Fsp3) is 0.300. The lowest BCUT2D eigenvalue weighted by Crippen LogP contribution is -2.31. The third-order valence-electron chi connectivity index (χ3n) is 4.91. The SMILES string of the molecule is Cn1nc(CN(Cc2ccco2)C(=O)c2ccc(F)cc2F)c2c1CCC2. The maximum Gasteiger partial charge on any atom is 0.257 e. The predicted molar refractivity (Wildman–Crippen MR) is 93.9 cm³/mol. The van der Waals surface area contributed by atoms with Gasteiger partial charge in [-0.05, 0) is 49.1 Å². The number of fused-ring (bicyclic) bond motifs is 1. The number of amides is 1. The van der Waals surface area contributed by atoms with E-state index >= 15 is 0 Å². The largest absolute Gasteiger partial charge is 0.467 e. The molecule has 0 saturated heterocycles. The molecule has 2 heterocycles. The number of carbonyl (C=O) groups excluding carboxylic acids is 1. The van der Waals surface area contributed by atoms with E-state index in [2.05, 4.69) is 5.10 Å². The molecule has 1 amide bonds. The van der Waals surface area contributed by atoms with E-state index in [1.165, 1.54) is 22.9 Å². The van der Waals surface area contributed by atoms with E-state index < -0.39 is 17.5 Å². The zero-order valence-corrected chi connectivity index (χ0v) is 14.9. The van der Waals surface area contributed by atoms with Gasteiger partial charge in [0, 0.05) is 18.8 Å². The van der Waals surface area contributed by atoms with E-state index in [4.69, 9.17) is 4.42 Å². The van der Waals surface area contributed by atoms with Crippen LogP contribution in [0.25, 0.3) is 0 Å². The monoisotopic (exact) mass is 371 g/mol. The number of nitrogens with zero attached hydrogens (tertiary/aromatic N) is 3. The fourth-order valence-corrected chi connectivity index (χ4v) is 3.63. The standard InChI is InChI=1S/C20H19F2N3O2/c1-24-19-6-2-5-16(19)18(23-24)12-25(11-14-4-3-9-27-14)20(26)15-8-7-13(21)10-17(15)22/h3-4,7-10H,2,5-6,11-12H2,1H3. The molecule has 1 aromatic carbocycles. The van der Waals surface area contributed by atoms with Crippen molar-refractivity contribution in [3.8, 4) is 0 Å². The van der Waals surface area contributed by atoms with Gasteiger partial charge in [-0.2, -0.15) is 5.10 Å². The van der Waals surface area contributed by atoms with Crippen molar-refractivity contribution in [2.75, 3.05) is 0 Å². The smallest absolute Gasteiger partial charge is 0.257 e. The fourth-order valence-electron chi connectivity index (χ4n) is 3.63. The summed E-state index contributed by atoms with van der Waals surface area (Å²) < 4.78 is 34.6. The Labute approximate surface area is 155 Å². The summed E-state index contributed by atoms with van der Waals surface area (Å²) in [6, 6.07) is 6.46. The van der Waals surface area contributed by atoms with Crippen molar-refractivity contribution >= 4 is 5.91 Å². The first-order chi connectivity index (χ1) is 13.0. The number of aryl methyl sites for hydroxylation is 1. The summed E-state index contributed by atoms with van der Waals surface area (Å²) in [6.45, 7) is 0.410. The maximum absolute atomic E-state index is 14.2. The molecular weight excluding hydrogens is 352 g/mol. The summed E-state index contributed by atoms with van der Waals surface area (Å²) in [5.74, 6) is -1.54. The quantitative estimate of drug-likeness (QED) is 0.688. The number of furan rings is 1. The highest BCUT2D eigenvalue weighted by atomic mass is 19.1. The van der Waals surface area contributed by atoms with E-state index in [1.807, 2.05) is 11.7 Å². The second kappa shape index (κ2) is 6.98. The van der Waals surface area contributed by atoms with Crippen LogP contribution in [0.2, 0.25) is 0 Å². The highest BCUT2D eigenvalue weighted by Gasteiger charge is 2.26. The first-order valence-electron chi connectivity index (χ1n) is 8.83. The van der Waals surface area contributed by atoms with Crippen molar-refractivity contribution in [3.05, 3.63) is 76.5 Å². The summed E-state index contributed by atoms with van der Waals surface area (Å²) in [4.78, 5) is 14.5. The molecule has 0 radical (unpaired) electrons. The number of hydrogen-bond acceptors (Lipinski definition) is 3. The topological polar surface area (TPSA) is 51.3 Å². The summed E-state index contributed by atoms with van der Waals surface area (Å²) in [6.07, 6.45) is 4.48. The van der Waals surface area contributed by atoms with Crippen LogP contribution in [0.5, 0.6) is 0 Å². The molecule has 0 bridgehead atoms.